The first-order chi connectivity index (χ1) is 7.32. The molecule has 0 aliphatic heterocycles. The first kappa shape index (κ1) is 13.9. The van der Waals surface area contributed by atoms with E-state index in [1.54, 1.807) is 0 Å². The fourth-order valence-corrected chi connectivity index (χ4v) is 3.07. The van der Waals surface area contributed by atoms with Gasteiger partial charge in [0.25, 0.3) is 0 Å². The lowest BCUT2D eigenvalue weighted by Gasteiger charge is -2.33. The molecule has 1 rings (SSSR count). The van der Waals surface area contributed by atoms with Crippen LogP contribution in [0.4, 0.5) is 0 Å². The van der Waals surface area contributed by atoms with E-state index in [1.807, 2.05) is 6.07 Å². The van der Waals surface area contributed by atoms with Crippen molar-refractivity contribution in [1.29, 1.82) is 0 Å². The molecule has 1 atom stereocenters. The molecule has 0 fully saturated rings. The van der Waals surface area contributed by atoms with E-state index in [0.717, 1.165) is 4.47 Å². The first-order valence-corrected chi connectivity index (χ1v) is 8.73. The topological polar surface area (TPSA) is 9.23 Å². The Hall–Kier alpha value is -0.123. The molecular weight excluding hydrogens is 280 g/mol. The summed E-state index contributed by atoms with van der Waals surface area (Å²) in [6.45, 7) is 11.0. The van der Waals surface area contributed by atoms with Crippen LogP contribution in [0.25, 0.3) is 0 Å². The number of halogens is 1. The van der Waals surface area contributed by atoms with E-state index in [2.05, 4.69) is 68.0 Å². The Kier molecular flexibility index (Phi) is 4.77. The van der Waals surface area contributed by atoms with E-state index >= 15 is 0 Å². The van der Waals surface area contributed by atoms with Crippen LogP contribution in [0.2, 0.25) is 13.1 Å². The third-order valence-corrected chi connectivity index (χ3v) is 3.76. The molecule has 0 bridgehead atoms. The minimum absolute atomic E-state index is 0.117. The SMILES string of the molecule is C[Si](C)OC(c1ccccc1Br)C(C)(C)C. The lowest BCUT2D eigenvalue weighted by Crippen LogP contribution is -2.26. The van der Waals surface area contributed by atoms with Crippen molar-refractivity contribution in [3.05, 3.63) is 34.3 Å². The number of benzene rings is 1. The summed E-state index contributed by atoms with van der Waals surface area (Å²) in [5.41, 5.74) is 1.37. The van der Waals surface area contributed by atoms with Crippen LogP contribution in [-0.2, 0) is 4.43 Å². The Balaban J connectivity index is 3.07. The zero-order chi connectivity index (χ0) is 12.3. The summed E-state index contributed by atoms with van der Waals surface area (Å²) in [4.78, 5) is 0. The van der Waals surface area contributed by atoms with Gasteiger partial charge in [-0.05, 0) is 30.1 Å². The van der Waals surface area contributed by atoms with Crippen molar-refractivity contribution >= 4 is 25.0 Å². The average molecular weight is 300 g/mol. The molecule has 0 aromatic heterocycles. The molecule has 1 unspecified atom stereocenters. The summed E-state index contributed by atoms with van der Waals surface area (Å²) in [6, 6.07) is 8.33. The van der Waals surface area contributed by atoms with Gasteiger partial charge in [-0.3, -0.25) is 0 Å². The summed E-state index contributed by atoms with van der Waals surface area (Å²) in [5, 5.41) is 0. The Morgan fingerprint density at radius 3 is 2.19 bits per heavy atom. The van der Waals surface area contributed by atoms with Gasteiger partial charge in [-0.15, -0.1) is 0 Å². The smallest absolute Gasteiger partial charge is 0.205 e. The maximum Gasteiger partial charge on any atom is 0.205 e. The van der Waals surface area contributed by atoms with Crippen LogP contribution in [-0.4, -0.2) is 9.04 Å². The first-order valence-electron chi connectivity index (χ1n) is 5.53. The van der Waals surface area contributed by atoms with Crippen LogP contribution in [0.3, 0.4) is 0 Å². The van der Waals surface area contributed by atoms with Gasteiger partial charge in [0.2, 0.25) is 9.04 Å². The highest BCUT2D eigenvalue weighted by molar-refractivity contribution is 9.10. The second-order valence-electron chi connectivity index (χ2n) is 5.29. The second-order valence-corrected chi connectivity index (χ2v) is 8.20. The summed E-state index contributed by atoms with van der Waals surface area (Å²) in [6.07, 6.45) is 0.159. The minimum Gasteiger partial charge on any atom is -0.410 e. The third-order valence-electron chi connectivity index (χ3n) is 2.33. The summed E-state index contributed by atoms with van der Waals surface area (Å²) >= 11 is 3.61. The van der Waals surface area contributed by atoms with Crippen LogP contribution in [0.5, 0.6) is 0 Å². The highest BCUT2D eigenvalue weighted by atomic mass is 79.9. The highest BCUT2D eigenvalue weighted by Gasteiger charge is 2.29. The third kappa shape index (κ3) is 3.72. The fourth-order valence-electron chi connectivity index (χ4n) is 1.63. The highest BCUT2D eigenvalue weighted by Crippen LogP contribution is 2.39. The standard InChI is InChI=1S/C13H20BrOSi/c1-13(2,3)12(15-16(4)5)10-8-6-7-9-11(10)14/h6-9,12H,1-5H3. The predicted octanol–water partition coefficient (Wildman–Crippen LogP) is 4.80. The molecular formula is C13H20BrOSi. The van der Waals surface area contributed by atoms with Crippen LogP contribution >= 0.6 is 15.9 Å². The minimum atomic E-state index is -0.700. The van der Waals surface area contributed by atoms with Gasteiger partial charge in [0, 0.05) is 4.47 Å². The van der Waals surface area contributed by atoms with Crippen molar-refractivity contribution in [2.24, 2.45) is 5.41 Å². The van der Waals surface area contributed by atoms with E-state index in [-0.39, 0.29) is 11.5 Å². The van der Waals surface area contributed by atoms with Crippen molar-refractivity contribution in [3.63, 3.8) is 0 Å². The Labute approximate surface area is 109 Å². The fraction of sp³-hybridized carbons (Fsp3) is 0.538. The van der Waals surface area contributed by atoms with Crippen molar-refractivity contribution in [1.82, 2.24) is 0 Å². The van der Waals surface area contributed by atoms with Crippen molar-refractivity contribution < 1.29 is 4.43 Å². The van der Waals surface area contributed by atoms with Crippen LogP contribution in [0, 0.1) is 5.41 Å². The Morgan fingerprint density at radius 1 is 1.19 bits per heavy atom. The molecule has 0 N–H and O–H groups in total. The normalized spacial score (nSPS) is 14.2. The largest absolute Gasteiger partial charge is 0.410 e. The molecule has 0 aliphatic rings. The summed E-state index contributed by atoms with van der Waals surface area (Å²) in [5.74, 6) is 0. The van der Waals surface area contributed by atoms with Gasteiger partial charge in [-0.1, -0.05) is 54.9 Å². The van der Waals surface area contributed by atoms with E-state index in [4.69, 9.17) is 4.43 Å². The molecule has 0 aliphatic carbocycles. The van der Waals surface area contributed by atoms with Gasteiger partial charge in [-0.25, -0.2) is 0 Å². The molecule has 16 heavy (non-hydrogen) atoms. The molecule has 0 heterocycles. The quantitative estimate of drug-likeness (QED) is 0.728. The average Bonchev–Trinajstić information content (AvgIpc) is 2.13. The van der Waals surface area contributed by atoms with Gasteiger partial charge >= 0.3 is 0 Å². The number of rotatable bonds is 3. The lowest BCUT2D eigenvalue weighted by atomic mass is 9.85. The maximum absolute atomic E-state index is 6.15. The molecule has 0 spiro atoms. The van der Waals surface area contributed by atoms with Gasteiger partial charge in [0.1, 0.15) is 0 Å². The molecule has 1 nitrogen and oxygen atoms in total. The number of hydrogen-bond acceptors (Lipinski definition) is 1. The van der Waals surface area contributed by atoms with Crippen molar-refractivity contribution in [2.45, 2.75) is 40.0 Å². The molecule has 0 amide bonds. The molecule has 89 valence electrons. The molecule has 1 aromatic carbocycles. The molecule has 3 heteroatoms. The molecule has 1 radical (unpaired) electrons. The maximum atomic E-state index is 6.15. The van der Waals surface area contributed by atoms with E-state index < -0.39 is 9.04 Å². The van der Waals surface area contributed by atoms with Crippen LogP contribution in [0.1, 0.15) is 32.4 Å². The lowest BCUT2D eigenvalue weighted by molar-refractivity contribution is 0.0860. The zero-order valence-electron chi connectivity index (χ0n) is 10.7. The zero-order valence-corrected chi connectivity index (χ0v) is 13.3. The monoisotopic (exact) mass is 299 g/mol. The summed E-state index contributed by atoms with van der Waals surface area (Å²) in [7, 11) is -0.700. The van der Waals surface area contributed by atoms with Gasteiger partial charge in [0.15, 0.2) is 0 Å². The van der Waals surface area contributed by atoms with Gasteiger partial charge < -0.3 is 4.43 Å². The van der Waals surface area contributed by atoms with E-state index in [0.29, 0.717) is 0 Å². The predicted molar refractivity (Wildman–Crippen MR) is 74.9 cm³/mol. The Morgan fingerprint density at radius 2 is 1.75 bits per heavy atom. The van der Waals surface area contributed by atoms with E-state index in [1.165, 1.54) is 5.56 Å². The van der Waals surface area contributed by atoms with Gasteiger partial charge in [0.05, 0.1) is 6.10 Å². The summed E-state index contributed by atoms with van der Waals surface area (Å²) < 4.78 is 7.29. The second kappa shape index (κ2) is 5.47. The Bertz CT molecular complexity index is 344. The molecule has 0 saturated carbocycles. The van der Waals surface area contributed by atoms with Crippen molar-refractivity contribution in [2.75, 3.05) is 0 Å². The molecule has 0 saturated heterocycles. The van der Waals surface area contributed by atoms with Gasteiger partial charge in [-0.2, -0.15) is 0 Å². The van der Waals surface area contributed by atoms with Crippen LogP contribution < -0.4 is 0 Å². The van der Waals surface area contributed by atoms with Crippen LogP contribution in [0.15, 0.2) is 28.7 Å². The molecule has 1 aromatic rings. The number of hydrogen-bond donors (Lipinski definition) is 0. The van der Waals surface area contributed by atoms with Crippen molar-refractivity contribution in [3.8, 4) is 0 Å². The van der Waals surface area contributed by atoms with E-state index in [9.17, 15) is 0 Å².